The van der Waals surface area contributed by atoms with Crippen LogP contribution in [0.2, 0.25) is 0 Å². The van der Waals surface area contributed by atoms with Gasteiger partial charge in [0.15, 0.2) is 11.0 Å². The fourth-order valence-corrected chi connectivity index (χ4v) is 3.43. The number of furan rings is 1. The Morgan fingerprint density at radius 3 is 2.85 bits per heavy atom. The van der Waals surface area contributed by atoms with Gasteiger partial charge < -0.3 is 4.42 Å². The summed E-state index contributed by atoms with van der Waals surface area (Å²) in [7, 11) is 0. The lowest BCUT2D eigenvalue weighted by atomic mass is 10.1. The first kappa shape index (κ1) is 17.5. The molecule has 0 atom stereocenters. The van der Waals surface area contributed by atoms with E-state index in [4.69, 9.17) is 4.42 Å². The summed E-state index contributed by atoms with van der Waals surface area (Å²) in [5, 5.41) is 13.3. The van der Waals surface area contributed by atoms with Crippen molar-refractivity contribution in [3.63, 3.8) is 0 Å². The van der Waals surface area contributed by atoms with Gasteiger partial charge in [0.1, 0.15) is 5.76 Å². The third-order valence-corrected chi connectivity index (χ3v) is 5.09. The summed E-state index contributed by atoms with van der Waals surface area (Å²) in [5.41, 5.74) is 4.74. The van der Waals surface area contributed by atoms with Gasteiger partial charge in [0.25, 0.3) is 5.91 Å². The molecule has 2 aromatic heterocycles. The number of carbonyl (C=O) groups excluding carboxylic acids is 1. The molecular formula is C19H19N5O2S. The Labute approximate surface area is 160 Å². The second-order valence-electron chi connectivity index (χ2n) is 6.37. The summed E-state index contributed by atoms with van der Waals surface area (Å²) in [6.45, 7) is 2.06. The maximum atomic E-state index is 12.0. The van der Waals surface area contributed by atoms with Gasteiger partial charge in [0, 0.05) is 11.6 Å². The average Bonchev–Trinajstić information content (AvgIpc) is 3.20. The second-order valence-corrected chi connectivity index (χ2v) is 7.31. The predicted molar refractivity (Wildman–Crippen MR) is 104 cm³/mol. The number of benzene rings is 1. The van der Waals surface area contributed by atoms with Gasteiger partial charge in [-0.3, -0.25) is 9.36 Å². The molecule has 0 bridgehead atoms. The van der Waals surface area contributed by atoms with Gasteiger partial charge in [0.2, 0.25) is 0 Å². The topological polar surface area (TPSA) is 85.3 Å². The highest BCUT2D eigenvalue weighted by Gasteiger charge is 2.30. The van der Waals surface area contributed by atoms with E-state index in [1.807, 2.05) is 0 Å². The molecule has 0 saturated heterocycles. The van der Waals surface area contributed by atoms with Gasteiger partial charge in [-0.1, -0.05) is 41.6 Å². The number of nitrogens with one attached hydrogen (secondary N) is 1. The van der Waals surface area contributed by atoms with Crippen LogP contribution in [-0.4, -0.2) is 32.6 Å². The number of aryl methyl sites for hydroxylation is 1. The molecule has 3 aromatic rings. The molecule has 8 heteroatoms. The Bertz CT molecular complexity index is 943. The van der Waals surface area contributed by atoms with Crippen molar-refractivity contribution in [2.45, 2.75) is 31.0 Å². The zero-order chi connectivity index (χ0) is 18.6. The first-order chi connectivity index (χ1) is 13.2. The molecule has 2 heterocycles. The standard InChI is InChI=1S/C19H19N5O2S/c1-13-4-6-14(7-5-13)18-22-23-19(24(18)15-8-9-15)27-12-17(25)21-20-11-16-3-2-10-26-16/h2-7,10-11,15H,8-9,12H2,1H3,(H,21,25)/b20-11+. The van der Waals surface area contributed by atoms with Crippen LogP contribution in [0.4, 0.5) is 0 Å². The Hall–Kier alpha value is -2.87. The molecule has 138 valence electrons. The molecule has 1 saturated carbocycles. The van der Waals surface area contributed by atoms with Gasteiger partial charge in [-0.05, 0) is 31.9 Å². The number of nitrogens with zero attached hydrogens (tertiary/aromatic N) is 4. The molecule has 1 aromatic carbocycles. The van der Waals surface area contributed by atoms with Crippen LogP contribution in [0.5, 0.6) is 0 Å². The first-order valence-electron chi connectivity index (χ1n) is 8.71. The predicted octanol–water partition coefficient (Wildman–Crippen LogP) is 3.42. The highest BCUT2D eigenvalue weighted by atomic mass is 32.2. The summed E-state index contributed by atoms with van der Waals surface area (Å²) in [4.78, 5) is 12.0. The van der Waals surface area contributed by atoms with Crippen LogP contribution in [0.25, 0.3) is 11.4 Å². The number of aromatic nitrogens is 3. The van der Waals surface area contributed by atoms with Crippen molar-refractivity contribution in [2.24, 2.45) is 5.10 Å². The van der Waals surface area contributed by atoms with Crippen molar-refractivity contribution in [2.75, 3.05) is 5.75 Å². The van der Waals surface area contributed by atoms with Crippen molar-refractivity contribution in [1.29, 1.82) is 0 Å². The number of hydrogen-bond donors (Lipinski definition) is 1. The van der Waals surface area contributed by atoms with Crippen molar-refractivity contribution < 1.29 is 9.21 Å². The molecule has 1 aliphatic rings. The molecule has 0 radical (unpaired) electrons. The minimum absolute atomic E-state index is 0.204. The van der Waals surface area contributed by atoms with Crippen molar-refractivity contribution in [1.82, 2.24) is 20.2 Å². The van der Waals surface area contributed by atoms with Crippen LogP contribution in [0.15, 0.2) is 57.3 Å². The van der Waals surface area contributed by atoms with Crippen LogP contribution in [0, 0.1) is 6.92 Å². The van der Waals surface area contributed by atoms with Gasteiger partial charge in [-0.25, -0.2) is 5.43 Å². The lowest BCUT2D eigenvalue weighted by Crippen LogP contribution is -2.20. The van der Waals surface area contributed by atoms with Crippen molar-refractivity contribution in [3.8, 4) is 11.4 Å². The van der Waals surface area contributed by atoms with E-state index in [9.17, 15) is 4.79 Å². The van der Waals surface area contributed by atoms with E-state index in [1.165, 1.54) is 23.5 Å². The molecule has 7 nitrogen and oxygen atoms in total. The van der Waals surface area contributed by atoms with Gasteiger partial charge >= 0.3 is 0 Å². The molecule has 0 unspecified atom stereocenters. The molecule has 0 spiro atoms. The lowest BCUT2D eigenvalue weighted by molar-refractivity contribution is -0.118. The molecule has 27 heavy (non-hydrogen) atoms. The third kappa shape index (κ3) is 4.28. The normalized spacial score (nSPS) is 14.0. The number of rotatable bonds is 7. The smallest absolute Gasteiger partial charge is 0.250 e. The van der Waals surface area contributed by atoms with E-state index in [2.05, 4.69) is 56.5 Å². The average molecular weight is 381 g/mol. The zero-order valence-electron chi connectivity index (χ0n) is 14.8. The molecule has 0 aliphatic heterocycles. The van der Waals surface area contributed by atoms with Crippen molar-refractivity contribution >= 4 is 23.9 Å². The molecule has 1 N–H and O–H groups in total. The second kappa shape index (κ2) is 7.79. The van der Waals surface area contributed by atoms with E-state index in [0.717, 1.165) is 29.4 Å². The van der Waals surface area contributed by atoms with Crippen LogP contribution in [-0.2, 0) is 4.79 Å². The summed E-state index contributed by atoms with van der Waals surface area (Å²) in [6.07, 6.45) is 5.24. The van der Waals surface area contributed by atoms with Crippen LogP contribution < -0.4 is 5.43 Å². The Morgan fingerprint density at radius 2 is 2.15 bits per heavy atom. The quantitative estimate of drug-likeness (QED) is 0.385. The molecule has 1 aliphatic carbocycles. The molecule has 4 rings (SSSR count). The highest BCUT2D eigenvalue weighted by Crippen LogP contribution is 2.41. The molecular weight excluding hydrogens is 362 g/mol. The maximum Gasteiger partial charge on any atom is 0.250 e. The number of amides is 1. The number of thioether (sulfide) groups is 1. The van der Waals surface area contributed by atoms with E-state index in [0.29, 0.717) is 11.8 Å². The van der Waals surface area contributed by atoms with Gasteiger partial charge in [-0.15, -0.1) is 10.2 Å². The van der Waals surface area contributed by atoms with Crippen LogP contribution in [0.1, 0.15) is 30.2 Å². The summed E-state index contributed by atoms with van der Waals surface area (Å²) >= 11 is 1.37. The molecule has 1 fully saturated rings. The summed E-state index contributed by atoms with van der Waals surface area (Å²) < 4.78 is 7.27. The molecule has 1 amide bonds. The third-order valence-electron chi connectivity index (χ3n) is 4.14. The number of hydrogen-bond acceptors (Lipinski definition) is 6. The number of carbonyl (C=O) groups is 1. The fraction of sp³-hybridized carbons (Fsp3) is 0.263. The summed E-state index contributed by atoms with van der Waals surface area (Å²) in [5.74, 6) is 1.45. The van der Waals surface area contributed by atoms with Crippen LogP contribution in [0.3, 0.4) is 0 Å². The summed E-state index contributed by atoms with van der Waals surface area (Å²) in [6, 6.07) is 12.2. The first-order valence-corrected chi connectivity index (χ1v) is 9.69. The SMILES string of the molecule is Cc1ccc(-c2nnc(SCC(=O)N/N=C/c3ccco3)n2C2CC2)cc1. The van der Waals surface area contributed by atoms with E-state index in [1.54, 1.807) is 18.4 Å². The van der Waals surface area contributed by atoms with Crippen LogP contribution >= 0.6 is 11.8 Å². The monoisotopic (exact) mass is 381 g/mol. The zero-order valence-corrected chi connectivity index (χ0v) is 15.6. The highest BCUT2D eigenvalue weighted by molar-refractivity contribution is 7.99. The lowest BCUT2D eigenvalue weighted by Gasteiger charge is -2.08. The minimum atomic E-state index is -0.204. The Kier molecular flexibility index (Phi) is 5.06. The van der Waals surface area contributed by atoms with Crippen molar-refractivity contribution in [3.05, 3.63) is 54.0 Å². The minimum Gasteiger partial charge on any atom is -0.463 e. The van der Waals surface area contributed by atoms with E-state index < -0.39 is 0 Å². The van der Waals surface area contributed by atoms with E-state index in [-0.39, 0.29) is 11.7 Å². The Balaban J connectivity index is 1.41. The Morgan fingerprint density at radius 1 is 1.33 bits per heavy atom. The fourth-order valence-electron chi connectivity index (χ4n) is 2.63. The van der Waals surface area contributed by atoms with Gasteiger partial charge in [0.05, 0.1) is 18.2 Å². The van der Waals surface area contributed by atoms with Gasteiger partial charge in [-0.2, -0.15) is 5.10 Å². The maximum absolute atomic E-state index is 12.0. The number of hydrazone groups is 1. The largest absolute Gasteiger partial charge is 0.463 e. The van der Waals surface area contributed by atoms with E-state index >= 15 is 0 Å².